The maximum absolute atomic E-state index is 14.3. The van der Waals surface area contributed by atoms with E-state index in [1.54, 1.807) is 0 Å². The van der Waals surface area contributed by atoms with Gasteiger partial charge in [-0.3, -0.25) is 4.79 Å². The number of hydrogen-bond donors (Lipinski definition) is 2. The van der Waals surface area contributed by atoms with Crippen molar-refractivity contribution in [2.75, 3.05) is 24.2 Å². The van der Waals surface area contributed by atoms with E-state index >= 15 is 0 Å². The summed E-state index contributed by atoms with van der Waals surface area (Å²) in [7, 11) is -4.26. The summed E-state index contributed by atoms with van der Waals surface area (Å²) >= 11 is 6.90. The van der Waals surface area contributed by atoms with Crippen molar-refractivity contribution in [1.82, 2.24) is 4.31 Å². The molecule has 0 aliphatic carbocycles. The molecule has 29 heavy (non-hydrogen) atoms. The molecule has 1 saturated heterocycles. The summed E-state index contributed by atoms with van der Waals surface area (Å²) in [5.74, 6) is -1.79. The fourth-order valence-corrected chi connectivity index (χ4v) is 5.46. The van der Waals surface area contributed by atoms with Gasteiger partial charge in [0, 0.05) is 24.3 Å². The molecule has 156 valence electrons. The smallest absolute Gasteiger partial charge is 0.255 e. The van der Waals surface area contributed by atoms with Gasteiger partial charge in [-0.05, 0) is 48.6 Å². The molecule has 0 unspecified atom stereocenters. The zero-order valence-electron chi connectivity index (χ0n) is 14.9. The summed E-state index contributed by atoms with van der Waals surface area (Å²) in [5.41, 5.74) is -0.817. The van der Waals surface area contributed by atoms with Gasteiger partial charge in [0.05, 0.1) is 5.02 Å². The van der Waals surface area contributed by atoms with Gasteiger partial charge in [0.25, 0.3) is 5.91 Å². The zero-order valence-corrected chi connectivity index (χ0v) is 17.3. The van der Waals surface area contributed by atoms with Gasteiger partial charge in [0.1, 0.15) is 22.0 Å². The van der Waals surface area contributed by atoms with Crippen molar-refractivity contribution in [3.63, 3.8) is 0 Å². The standard InChI is InChI=1S/C18H17ClF2N2O4S2/c19-13-9-12(3-5-14(13)20)22-18(25)11-2-4-15(21)16(8-11)29(26,27)23-6-1-7-28-17(24)10-23/h2-5,8-9,17,24H,1,6-7,10H2,(H,22,25)/t17-/m1/s1. The van der Waals surface area contributed by atoms with Gasteiger partial charge in [-0.15, -0.1) is 11.8 Å². The number of thioether (sulfide) groups is 1. The molecule has 0 spiro atoms. The number of rotatable bonds is 4. The van der Waals surface area contributed by atoms with Crippen molar-refractivity contribution in [3.05, 3.63) is 58.6 Å². The Bertz CT molecular complexity index is 1040. The fourth-order valence-electron chi connectivity index (χ4n) is 2.76. The maximum atomic E-state index is 14.3. The van der Waals surface area contributed by atoms with Gasteiger partial charge in [-0.2, -0.15) is 4.31 Å². The topological polar surface area (TPSA) is 86.7 Å². The third-order valence-electron chi connectivity index (χ3n) is 4.21. The third-order valence-corrected chi connectivity index (χ3v) is 7.44. The van der Waals surface area contributed by atoms with E-state index in [9.17, 15) is 27.1 Å². The molecule has 2 N–H and O–H groups in total. The van der Waals surface area contributed by atoms with E-state index in [4.69, 9.17) is 11.6 Å². The molecule has 2 aromatic carbocycles. The Morgan fingerprint density at radius 2 is 1.93 bits per heavy atom. The van der Waals surface area contributed by atoms with Crippen molar-refractivity contribution < 1.29 is 27.1 Å². The number of anilines is 1. The number of carbonyl (C=O) groups excluding carboxylic acids is 1. The molecule has 0 saturated carbocycles. The highest BCUT2D eigenvalue weighted by Crippen LogP contribution is 2.26. The van der Waals surface area contributed by atoms with Crippen LogP contribution in [-0.4, -0.2) is 48.0 Å². The molecule has 11 heteroatoms. The third kappa shape index (κ3) is 5.07. The Morgan fingerprint density at radius 1 is 1.21 bits per heavy atom. The van der Waals surface area contributed by atoms with Crippen LogP contribution in [0, 0.1) is 11.6 Å². The van der Waals surface area contributed by atoms with Crippen LogP contribution in [0.3, 0.4) is 0 Å². The number of amides is 1. The van der Waals surface area contributed by atoms with Gasteiger partial charge < -0.3 is 10.4 Å². The molecule has 0 bridgehead atoms. The van der Waals surface area contributed by atoms with Crippen LogP contribution in [0.4, 0.5) is 14.5 Å². The Balaban J connectivity index is 1.88. The molecule has 1 heterocycles. The molecule has 2 aromatic rings. The fraction of sp³-hybridized carbons (Fsp3) is 0.278. The number of nitrogens with one attached hydrogen (secondary N) is 1. The average Bonchev–Trinajstić information content (AvgIpc) is 2.90. The van der Waals surface area contributed by atoms with Crippen LogP contribution in [-0.2, 0) is 10.0 Å². The van der Waals surface area contributed by atoms with Crippen molar-refractivity contribution >= 4 is 45.0 Å². The molecular weight excluding hydrogens is 446 g/mol. The number of β-amino-alcohol motifs (C(OH)–C–C–N with tert-alkyl or cyclic N) is 1. The lowest BCUT2D eigenvalue weighted by molar-refractivity contribution is 0.102. The summed E-state index contributed by atoms with van der Waals surface area (Å²) in [4.78, 5) is 11.8. The van der Waals surface area contributed by atoms with E-state index in [-0.39, 0.29) is 29.4 Å². The predicted octanol–water partition coefficient (Wildman–Crippen LogP) is 3.32. The number of aliphatic hydroxyl groups is 1. The first-order chi connectivity index (χ1) is 13.7. The number of sulfonamides is 1. The minimum absolute atomic E-state index is 0.102. The molecule has 1 amide bonds. The summed E-state index contributed by atoms with van der Waals surface area (Å²) in [6, 6.07) is 6.53. The quantitative estimate of drug-likeness (QED) is 0.728. The maximum Gasteiger partial charge on any atom is 0.255 e. The normalized spacial score (nSPS) is 18.3. The van der Waals surface area contributed by atoms with Crippen LogP contribution >= 0.6 is 23.4 Å². The number of nitrogens with zero attached hydrogens (tertiary/aromatic N) is 1. The minimum Gasteiger partial charge on any atom is -0.381 e. The number of carbonyl (C=O) groups is 1. The Hall–Kier alpha value is -1.72. The molecule has 0 aromatic heterocycles. The number of aliphatic hydroxyl groups excluding tert-OH is 1. The van der Waals surface area contributed by atoms with Crippen LogP contribution in [0.1, 0.15) is 16.8 Å². The van der Waals surface area contributed by atoms with E-state index < -0.39 is 37.9 Å². The Labute approximate surface area is 175 Å². The number of benzene rings is 2. The van der Waals surface area contributed by atoms with Gasteiger partial charge in [-0.25, -0.2) is 17.2 Å². The van der Waals surface area contributed by atoms with Crippen molar-refractivity contribution in [2.45, 2.75) is 16.8 Å². The first-order valence-corrected chi connectivity index (χ1v) is 11.4. The van der Waals surface area contributed by atoms with E-state index in [1.807, 2.05) is 0 Å². The molecule has 1 atom stereocenters. The first-order valence-electron chi connectivity index (χ1n) is 8.54. The first kappa shape index (κ1) is 22.0. The summed E-state index contributed by atoms with van der Waals surface area (Å²) < 4.78 is 54.4. The molecule has 6 nitrogen and oxygen atoms in total. The van der Waals surface area contributed by atoms with Crippen molar-refractivity contribution in [3.8, 4) is 0 Å². The Morgan fingerprint density at radius 3 is 2.66 bits per heavy atom. The Kier molecular flexibility index (Phi) is 6.79. The van der Waals surface area contributed by atoms with E-state index in [2.05, 4.69) is 5.32 Å². The van der Waals surface area contributed by atoms with Crippen LogP contribution < -0.4 is 5.32 Å². The second kappa shape index (κ2) is 8.97. The largest absolute Gasteiger partial charge is 0.381 e. The highest BCUT2D eigenvalue weighted by Gasteiger charge is 2.31. The van der Waals surface area contributed by atoms with Gasteiger partial charge in [0.2, 0.25) is 10.0 Å². The predicted molar refractivity (Wildman–Crippen MR) is 108 cm³/mol. The highest BCUT2D eigenvalue weighted by molar-refractivity contribution is 7.99. The van der Waals surface area contributed by atoms with E-state index in [0.717, 1.165) is 28.6 Å². The van der Waals surface area contributed by atoms with Gasteiger partial charge in [0.15, 0.2) is 0 Å². The van der Waals surface area contributed by atoms with Crippen molar-refractivity contribution in [1.29, 1.82) is 0 Å². The van der Waals surface area contributed by atoms with Crippen LogP contribution in [0.15, 0.2) is 41.3 Å². The van der Waals surface area contributed by atoms with E-state index in [0.29, 0.717) is 12.2 Å². The van der Waals surface area contributed by atoms with Gasteiger partial charge in [-0.1, -0.05) is 11.6 Å². The lowest BCUT2D eigenvalue weighted by Gasteiger charge is -2.22. The summed E-state index contributed by atoms with van der Waals surface area (Å²) in [6.07, 6.45) is 0.508. The van der Waals surface area contributed by atoms with Crippen LogP contribution in [0.2, 0.25) is 5.02 Å². The van der Waals surface area contributed by atoms with Crippen LogP contribution in [0.25, 0.3) is 0 Å². The zero-order chi connectivity index (χ0) is 21.2. The number of halogens is 3. The monoisotopic (exact) mass is 462 g/mol. The minimum atomic E-state index is -4.26. The molecular formula is C18H17ClF2N2O4S2. The lowest BCUT2D eigenvalue weighted by Crippen LogP contribution is -2.36. The second-order valence-corrected chi connectivity index (χ2v) is 9.87. The summed E-state index contributed by atoms with van der Waals surface area (Å²) in [5, 5.41) is 12.1. The average molecular weight is 463 g/mol. The molecule has 1 aliphatic rings. The highest BCUT2D eigenvalue weighted by atomic mass is 35.5. The SMILES string of the molecule is O=C(Nc1ccc(F)c(Cl)c1)c1ccc(F)c(S(=O)(=O)N2CCCS[C@@H](O)C2)c1. The summed E-state index contributed by atoms with van der Waals surface area (Å²) in [6.45, 7) is -0.0344. The van der Waals surface area contributed by atoms with Crippen LogP contribution in [0.5, 0.6) is 0 Å². The molecule has 3 rings (SSSR count). The molecule has 0 radical (unpaired) electrons. The lowest BCUT2D eigenvalue weighted by atomic mass is 10.2. The molecule has 1 aliphatic heterocycles. The van der Waals surface area contributed by atoms with E-state index in [1.165, 1.54) is 23.9 Å². The van der Waals surface area contributed by atoms with Crippen molar-refractivity contribution in [2.24, 2.45) is 0 Å². The number of hydrogen-bond acceptors (Lipinski definition) is 5. The molecule has 1 fully saturated rings. The van der Waals surface area contributed by atoms with Gasteiger partial charge >= 0.3 is 0 Å². The second-order valence-electron chi connectivity index (χ2n) is 6.27.